The molecule has 0 aliphatic carbocycles. The third kappa shape index (κ3) is 4.95. The standard InChI is InChI=1S/C10H19FSe/c1-4-7-9(11)10(8-5-2)12-6-3/h4-8H2,1-3H3/b10-9+. The van der Waals surface area contributed by atoms with Crippen molar-refractivity contribution in [2.75, 3.05) is 0 Å². The monoisotopic (exact) mass is 238 g/mol. The van der Waals surface area contributed by atoms with Crippen LogP contribution in [0.25, 0.3) is 0 Å². The van der Waals surface area contributed by atoms with Gasteiger partial charge in [-0.1, -0.05) is 0 Å². The van der Waals surface area contributed by atoms with Crippen molar-refractivity contribution < 1.29 is 4.39 Å². The van der Waals surface area contributed by atoms with E-state index < -0.39 is 0 Å². The Balaban J connectivity index is 4.11. The Kier molecular flexibility index (Phi) is 7.94. The van der Waals surface area contributed by atoms with Crippen molar-refractivity contribution in [1.82, 2.24) is 0 Å². The average molecular weight is 237 g/mol. The third-order valence-corrected chi connectivity index (χ3v) is 3.80. The first-order chi connectivity index (χ1) is 5.76. The maximum atomic E-state index is 13.3. The van der Waals surface area contributed by atoms with E-state index in [2.05, 4.69) is 13.8 Å². The average Bonchev–Trinajstić information content (AvgIpc) is 2.04. The van der Waals surface area contributed by atoms with E-state index in [0.717, 1.165) is 29.1 Å². The molecule has 0 atom stereocenters. The van der Waals surface area contributed by atoms with Crippen LogP contribution in [0.3, 0.4) is 0 Å². The Morgan fingerprint density at radius 3 is 2.08 bits per heavy atom. The van der Waals surface area contributed by atoms with Crippen molar-refractivity contribution in [1.29, 1.82) is 0 Å². The molecule has 0 aromatic rings. The molecule has 0 amide bonds. The summed E-state index contributed by atoms with van der Waals surface area (Å²) >= 11 is 0.412. The molecule has 72 valence electrons. The molecule has 0 aliphatic heterocycles. The van der Waals surface area contributed by atoms with Gasteiger partial charge in [0.1, 0.15) is 0 Å². The van der Waals surface area contributed by atoms with Crippen LogP contribution in [0, 0.1) is 0 Å². The summed E-state index contributed by atoms with van der Waals surface area (Å²) in [5, 5.41) is 1.12. The predicted molar refractivity (Wildman–Crippen MR) is 54.2 cm³/mol. The van der Waals surface area contributed by atoms with E-state index in [4.69, 9.17) is 0 Å². The van der Waals surface area contributed by atoms with Crippen molar-refractivity contribution in [2.45, 2.75) is 51.8 Å². The van der Waals surface area contributed by atoms with Crippen LogP contribution >= 0.6 is 0 Å². The number of allylic oxidation sites excluding steroid dienone is 2. The van der Waals surface area contributed by atoms with Gasteiger partial charge in [0.05, 0.1) is 0 Å². The molecule has 0 aliphatic rings. The van der Waals surface area contributed by atoms with Crippen LogP contribution in [-0.4, -0.2) is 15.0 Å². The van der Waals surface area contributed by atoms with Gasteiger partial charge >= 0.3 is 81.4 Å². The molecule has 0 aromatic carbocycles. The minimum atomic E-state index is 0.182. The fraction of sp³-hybridized carbons (Fsp3) is 0.800. The van der Waals surface area contributed by atoms with Gasteiger partial charge in [0.2, 0.25) is 0 Å². The zero-order chi connectivity index (χ0) is 9.40. The third-order valence-electron chi connectivity index (χ3n) is 1.57. The van der Waals surface area contributed by atoms with Gasteiger partial charge in [0.15, 0.2) is 0 Å². The van der Waals surface area contributed by atoms with Gasteiger partial charge < -0.3 is 0 Å². The summed E-state index contributed by atoms with van der Waals surface area (Å²) < 4.78 is 14.5. The fourth-order valence-corrected chi connectivity index (χ4v) is 3.05. The van der Waals surface area contributed by atoms with E-state index in [1.807, 2.05) is 6.92 Å². The number of halogens is 1. The fourth-order valence-electron chi connectivity index (χ4n) is 1.05. The van der Waals surface area contributed by atoms with Gasteiger partial charge in [-0.25, -0.2) is 0 Å². The molecule has 12 heavy (non-hydrogen) atoms. The first-order valence-electron chi connectivity index (χ1n) is 4.76. The molecule has 0 spiro atoms. The molecule has 0 aromatic heterocycles. The van der Waals surface area contributed by atoms with E-state index in [9.17, 15) is 4.39 Å². The molecule has 0 fully saturated rings. The quantitative estimate of drug-likeness (QED) is 0.614. The van der Waals surface area contributed by atoms with Gasteiger partial charge in [0, 0.05) is 0 Å². The van der Waals surface area contributed by atoms with E-state index >= 15 is 0 Å². The summed E-state index contributed by atoms with van der Waals surface area (Å²) in [6.07, 6.45) is 3.63. The number of hydrogen-bond donors (Lipinski definition) is 0. The van der Waals surface area contributed by atoms with Crippen LogP contribution in [0.1, 0.15) is 46.5 Å². The summed E-state index contributed by atoms with van der Waals surface area (Å²) in [5.41, 5.74) is 0. The van der Waals surface area contributed by atoms with Crippen molar-refractivity contribution in [3.8, 4) is 0 Å². The van der Waals surface area contributed by atoms with Crippen LogP contribution in [-0.2, 0) is 0 Å². The Morgan fingerprint density at radius 1 is 1.08 bits per heavy atom. The van der Waals surface area contributed by atoms with Crippen LogP contribution in [0.4, 0.5) is 4.39 Å². The van der Waals surface area contributed by atoms with Gasteiger partial charge in [0.25, 0.3) is 0 Å². The summed E-state index contributed by atoms with van der Waals surface area (Å²) in [6.45, 7) is 6.28. The van der Waals surface area contributed by atoms with Gasteiger partial charge in [-0.05, 0) is 0 Å². The molecular formula is C10H19FSe. The summed E-state index contributed by atoms with van der Waals surface area (Å²) in [5.74, 6) is 0.182. The van der Waals surface area contributed by atoms with Gasteiger partial charge in [-0.3, -0.25) is 0 Å². The number of rotatable bonds is 6. The van der Waals surface area contributed by atoms with E-state index in [0.29, 0.717) is 21.4 Å². The second-order valence-electron chi connectivity index (χ2n) is 2.76. The maximum absolute atomic E-state index is 13.3. The van der Waals surface area contributed by atoms with Crippen molar-refractivity contribution >= 4 is 15.0 Å². The van der Waals surface area contributed by atoms with Crippen molar-refractivity contribution in [2.24, 2.45) is 0 Å². The van der Waals surface area contributed by atoms with Crippen molar-refractivity contribution in [3.63, 3.8) is 0 Å². The summed E-state index contributed by atoms with van der Waals surface area (Å²) in [7, 11) is 0. The predicted octanol–water partition coefficient (Wildman–Crippen LogP) is 3.91. The Bertz CT molecular complexity index is 133. The Hall–Kier alpha value is 0.189. The van der Waals surface area contributed by atoms with E-state index in [1.165, 1.54) is 0 Å². The molecule has 0 saturated heterocycles. The normalized spacial score (nSPS) is 13.0. The van der Waals surface area contributed by atoms with E-state index in [-0.39, 0.29) is 5.83 Å². The molecule has 0 heterocycles. The van der Waals surface area contributed by atoms with E-state index in [1.54, 1.807) is 0 Å². The molecule has 0 unspecified atom stereocenters. The van der Waals surface area contributed by atoms with Gasteiger partial charge in [-0.2, -0.15) is 0 Å². The second-order valence-corrected chi connectivity index (χ2v) is 5.61. The second kappa shape index (κ2) is 7.82. The molecule has 2 heteroatoms. The summed E-state index contributed by atoms with van der Waals surface area (Å²) in [6, 6.07) is 0. The number of hydrogen-bond acceptors (Lipinski definition) is 0. The SMILES string of the molecule is CCC/C(F)=C(/CCC)[Se]CC. The molecule has 0 saturated carbocycles. The molecule has 0 bridgehead atoms. The van der Waals surface area contributed by atoms with Crippen LogP contribution in [0.2, 0.25) is 5.32 Å². The first-order valence-corrected chi connectivity index (χ1v) is 6.83. The first kappa shape index (κ1) is 12.2. The topological polar surface area (TPSA) is 0 Å². The van der Waals surface area contributed by atoms with Crippen molar-refractivity contribution in [3.05, 3.63) is 10.3 Å². The van der Waals surface area contributed by atoms with Gasteiger partial charge in [-0.15, -0.1) is 0 Å². The molecular weight excluding hydrogens is 218 g/mol. The molecule has 0 N–H and O–H groups in total. The molecule has 0 rings (SSSR count). The van der Waals surface area contributed by atoms with Crippen LogP contribution in [0.15, 0.2) is 10.3 Å². The van der Waals surface area contributed by atoms with Crippen LogP contribution in [0.5, 0.6) is 0 Å². The Morgan fingerprint density at radius 2 is 1.67 bits per heavy atom. The zero-order valence-electron chi connectivity index (χ0n) is 8.32. The van der Waals surface area contributed by atoms with Crippen LogP contribution < -0.4 is 0 Å². The summed E-state index contributed by atoms with van der Waals surface area (Å²) in [4.78, 5) is 0. The molecule has 0 radical (unpaired) electrons. The zero-order valence-corrected chi connectivity index (χ0v) is 10.0. The minimum absolute atomic E-state index is 0.182. The molecule has 0 nitrogen and oxygen atoms in total. The Labute approximate surface area is 81.8 Å².